The Labute approximate surface area is 157 Å². The Kier molecular flexibility index (Phi) is 7.77. The van der Waals surface area contributed by atoms with Gasteiger partial charge in [-0.3, -0.25) is 9.59 Å². The van der Waals surface area contributed by atoms with Crippen LogP contribution in [-0.2, 0) is 20.1 Å². The molecule has 7 nitrogen and oxygen atoms in total. The first-order valence-electron chi connectivity index (χ1n) is 8.52. The minimum absolute atomic E-state index is 0.204. The maximum absolute atomic E-state index is 12.3. The molecule has 1 aliphatic rings. The summed E-state index contributed by atoms with van der Waals surface area (Å²) >= 11 is 1.63. The zero-order chi connectivity index (χ0) is 18.9. The number of nitrogens with one attached hydrogen (secondary N) is 1. The molecule has 0 aliphatic carbocycles. The molecule has 1 aromatic rings. The molecule has 2 amide bonds. The molecule has 0 aromatic heterocycles. The summed E-state index contributed by atoms with van der Waals surface area (Å²) in [6.45, 7) is 0.901. The normalized spacial score (nSPS) is 14.7. The van der Waals surface area contributed by atoms with Gasteiger partial charge in [-0.15, -0.1) is 0 Å². The second-order valence-corrected chi connectivity index (χ2v) is 7.21. The Morgan fingerprint density at radius 3 is 2.69 bits per heavy atom. The van der Waals surface area contributed by atoms with E-state index in [1.807, 2.05) is 24.3 Å². The van der Waals surface area contributed by atoms with Gasteiger partial charge in [0.15, 0.2) is 0 Å². The predicted molar refractivity (Wildman–Crippen MR) is 100 cm³/mol. The first kappa shape index (κ1) is 20.1. The van der Waals surface area contributed by atoms with Gasteiger partial charge < -0.3 is 20.1 Å². The van der Waals surface area contributed by atoms with Crippen LogP contribution in [0, 0.1) is 5.92 Å². The molecular weight excluding hydrogens is 356 g/mol. The van der Waals surface area contributed by atoms with Gasteiger partial charge in [0.1, 0.15) is 0 Å². The first-order chi connectivity index (χ1) is 12.5. The van der Waals surface area contributed by atoms with Crippen molar-refractivity contribution in [2.75, 3.05) is 31.3 Å². The van der Waals surface area contributed by atoms with E-state index in [4.69, 9.17) is 5.11 Å². The number of esters is 1. The number of carbonyl (C=O) groups is 3. The van der Waals surface area contributed by atoms with Crippen LogP contribution in [0.5, 0.6) is 0 Å². The monoisotopic (exact) mass is 380 g/mol. The summed E-state index contributed by atoms with van der Waals surface area (Å²) in [5, 5.41) is 11.9. The van der Waals surface area contributed by atoms with Gasteiger partial charge in [0, 0.05) is 30.3 Å². The standard InChI is InChI=1S/C18H24N2O5S/c1-25-16(21)7-10-26-12-13-3-2-4-15(11-13)19-18(24)20-8-5-14(6-9-20)17(22)23/h2-4,11,14H,5-10,12H2,1H3,(H,19,24)(H,22,23). The van der Waals surface area contributed by atoms with Gasteiger partial charge in [-0.05, 0) is 30.5 Å². The third kappa shape index (κ3) is 6.25. The molecule has 0 atom stereocenters. The molecule has 8 heteroatoms. The Bertz CT molecular complexity index is 644. The highest BCUT2D eigenvalue weighted by atomic mass is 32.2. The van der Waals surface area contributed by atoms with Crippen molar-refractivity contribution in [3.05, 3.63) is 29.8 Å². The molecular formula is C18H24N2O5S. The van der Waals surface area contributed by atoms with Crippen molar-refractivity contribution in [1.82, 2.24) is 4.90 Å². The van der Waals surface area contributed by atoms with Gasteiger partial charge in [-0.2, -0.15) is 11.8 Å². The third-order valence-electron chi connectivity index (χ3n) is 4.26. The zero-order valence-corrected chi connectivity index (χ0v) is 15.6. The Hall–Kier alpha value is -2.22. The highest BCUT2D eigenvalue weighted by Gasteiger charge is 2.26. The van der Waals surface area contributed by atoms with Crippen LogP contribution in [0.1, 0.15) is 24.8 Å². The fraction of sp³-hybridized carbons (Fsp3) is 0.500. The van der Waals surface area contributed by atoms with Crippen LogP contribution in [0.4, 0.5) is 10.5 Å². The van der Waals surface area contributed by atoms with Gasteiger partial charge in [-0.25, -0.2) is 4.79 Å². The number of carboxylic acid groups (broad SMARTS) is 1. The summed E-state index contributed by atoms with van der Waals surface area (Å²) in [6, 6.07) is 7.38. The molecule has 0 spiro atoms. The van der Waals surface area contributed by atoms with E-state index in [2.05, 4.69) is 10.1 Å². The van der Waals surface area contributed by atoms with Gasteiger partial charge in [-0.1, -0.05) is 12.1 Å². The number of nitrogens with zero attached hydrogens (tertiary/aromatic N) is 1. The van der Waals surface area contributed by atoms with Crippen LogP contribution in [0.15, 0.2) is 24.3 Å². The number of aliphatic carboxylic acids is 1. The molecule has 0 saturated carbocycles. The molecule has 1 saturated heterocycles. The average Bonchev–Trinajstić information content (AvgIpc) is 2.65. The number of ether oxygens (including phenoxy) is 1. The van der Waals surface area contributed by atoms with Crippen molar-refractivity contribution < 1.29 is 24.2 Å². The Morgan fingerprint density at radius 2 is 2.04 bits per heavy atom. The van der Waals surface area contributed by atoms with Crippen molar-refractivity contribution in [2.45, 2.75) is 25.0 Å². The average molecular weight is 380 g/mol. The van der Waals surface area contributed by atoms with Crippen LogP contribution >= 0.6 is 11.8 Å². The molecule has 0 radical (unpaired) electrons. The zero-order valence-electron chi connectivity index (χ0n) is 14.8. The Morgan fingerprint density at radius 1 is 1.31 bits per heavy atom. The molecule has 0 bridgehead atoms. The van der Waals surface area contributed by atoms with E-state index in [9.17, 15) is 14.4 Å². The van der Waals surface area contributed by atoms with Crippen molar-refractivity contribution >= 4 is 35.4 Å². The molecule has 2 rings (SSSR count). The van der Waals surface area contributed by atoms with Gasteiger partial charge in [0.05, 0.1) is 19.4 Å². The highest BCUT2D eigenvalue weighted by Crippen LogP contribution is 2.20. The number of urea groups is 1. The number of likely N-dealkylation sites (tertiary alicyclic amines) is 1. The topological polar surface area (TPSA) is 95.9 Å². The number of carboxylic acids is 1. The molecule has 142 valence electrons. The minimum Gasteiger partial charge on any atom is -0.481 e. The van der Waals surface area contributed by atoms with Crippen LogP contribution < -0.4 is 5.32 Å². The molecule has 1 aliphatic heterocycles. The summed E-state index contributed by atoms with van der Waals surface area (Å²) in [5.74, 6) is 0.0593. The predicted octanol–water partition coefficient (Wildman–Crippen LogP) is 2.81. The fourth-order valence-electron chi connectivity index (χ4n) is 2.72. The van der Waals surface area contributed by atoms with Crippen molar-refractivity contribution in [3.8, 4) is 0 Å². The van der Waals surface area contributed by atoms with Crippen molar-refractivity contribution in [2.24, 2.45) is 5.92 Å². The van der Waals surface area contributed by atoms with Crippen LogP contribution in [0.2, 0.25) is 0 Å². The van der Waals surface area contributed by atoms with Crippen LogP contribution in [0.25, 0.3) is 0 Å². The van der Waals surface area contributed by atoms with Gasteiger partial charge in [0.2, 0.25) is 0 Å². The SMILES string of the molecule is COC(=O)CCSCc1cccc(NC(=O)N2CCC(C(=O)O)CC2)c1. The number of anilines is 1. The lowest BCUT2D eigenvalue weighted by Crippen LogP contribution is -2.42. The molecule has 0 unspecified atom stereocenters. The summed E-state index contributed by atoms with van der Waals surface area (Å²) in [7, 11) is 1.38. The summed E-state index contributed by atoms with van der Waals surface area (Å²) < 4.78 is 4.61. The highest BCUT2D eigenvalue weighted by molar-refractivity contribution is 7.98. The smallest absolute Gasteiger partial charge is 0.321 e. The number of benzene rings is 1. The quantitative estimate of drug-likeness (QED) is 0.558. The number of rotatable bonds is 7. The van der Waals surface area contributed by atoms with Crippen molar-refractivity contribution in [3.63, 3.8) is 0 Å². The van der Waals surface area contributed by atoms with E-state index in [1.165, 1.54) is 7.11 Å². The van der Waals surface area contributed by atoms with Crippen LogP contribution in [-0.4, -0.2) is 53.9 Å². The van der Waals surface area contributed by atoms with E-state index >= 15 is 0 Å². The number of hydrogen-bond donors (Lipinski definition) is 2. The van der Waals surface area contributed by atoms with E-state index in [-0.39, 0.29) is 17.9 Å². The molecule has 1 aromatic carbocycles. The van der Waals surface area contributed by atoms with Crippen LogP contribution in [0.3, 0.4) is 0 Å². The van der Waals surface area contributed by atoms with Gasteiger partial charge >= 0.3 is 18.0 Å². The molecule has 2 N–H and O–H groups in total. The lowest BCUT2D eigenvalue weighted by atomic mass is 9.97. The van der Waals surface area contributed by atoms with E-state index in [0.717, 1.165) is 11.3 Å². The summed E-state index contributed by atoms with van der Waals surface area (Å²) in [6.07, 6.45) is 1.35. The maximum Gasteiger partial charge on any atom is 0.321 e. The molecule has 1 heterocycles. The van der Waals surface area contributed by atoms with E-state index < -0.39 is 5.97 Å². The second-order valence-electron chi connectivity index (χ2n) is 6.11. The van der Waals surface area contributed by atoms with E-state index in [0.29, 0.717) is 43.8 Å². The number of methoxy groups -OCH3 is 1. The fourth-order valence-corrected chi connectivity index (χ4v) is 3.59. The summed E-state index contributed by atoms with van der Waals surface area (Å²) in [5.41, 5.74) is 1.77. The lowest BCUT2D eigenvalue weighted by Gasteiger charge is -2.30. The second kappa shape index (κ2) is 10.1. The third-order valence-corrected chi connectivity index (χ3v) is 5.29. The van der Waals surface area contributed by atoms with Crippen molar-refractivity contribution in [1.29, 1.82) is 0 Å². The number of carbonyl (C=O) groups excluding carboxylic acids is 2. The number of piperidine rings is 1. The van der Waals surface area contributed by atoms with E-state index in [1.54, 1.807) is 16.7 Å². The largest absolute Gasteiger partial charge is 0.481 e. The summed E-state index contributed by atoms with van der Waals surface area (Å²) in [4.78, 5) is 36.0. The van der Waals surface area contributed by atoms with Gasteiger partial charge in [0.25, 0.3) is 0 Å². The first-order valence-corrected chi connectivity index (χ1v) is 9.67. The maximum atomic E-state index is 12.3. The molecule has 1 fully saturated rings. The minimum atomic E-state index is -0.789. The number of thioether (sulfide) groups is 1. The lowest BCUT2D eigenvalue weighted by molar-refractivity contribution is -0.143. The number of hydrogen-bond acceptors (Lipinski definition) is 5. The number of amides is 2. The Balaban J connectivity index is 1.79. The molecule has 26 heavy (non-hydrogen) atoms.